The number of anilines is 1. The molecule has 0 aliphatic rings. The maximum absolute atomic E-state index is 12.2. The average Bonchev–Trinajstić information content (AvgIpc) is 2.39. The monoisotopic (exact) mass is 274 g/mol. The molecule has 0 amide bonds. The Kier molecular flexibility index (Phi) is 5.48. The molecule has 3 N–H and O–H groups in total. The molecular weight excluding hydrogens is 256 g/mol. The number of rotatable bonds is 7. The quantitative estimate of drug-likeness (QED) is 0.413. The first-order chi connectivity index (χ1) is 8.52. The summed E-state index contributed by atoms with van der Waals surface area (Å²) < 4.78 is 30.5. The largest absolute Gasteiger partial charge is 0.385 e. The summed E-state index contributed by atoms with van der Waals surface area (Å²) in [5, 5.41) is 0. The number of nitrogen functional groups attached to an aromatic ring is 1. The molecule has 0 spiro atoms. The molecule has 7 nitrogen and oxygen atoms in total. The lowest BCUT2D eigenvalue weighted by molar-refractivity contribution is 0.189. The lowest BCUT2D eigenvalue weighted by atomic mass is 10.4. The summed E-state index contributed by atoms with van der Waals surface area (Å²) in [6.07, 6.45) is 2.03. The number of pyridine rings is 1. The predicted molar refractivity (Wildman–Crippen MR) is 68.4 cm³/mol. The molecule has 0 atom stereocenters. The van der Waals surface area contributed by atoms with E-state index in [1.807, 2.05) is 0 Å². The van der Waals surface area contributed by atoms with Crippen LogP contribution in [-0.4, -0.2) is 45.0 Å². The van der Waals surface area contributed by atoms with Gasteiger partial charge in [0.2, 0.25) is 10.0 Å². The van der Waals surface area contributed by atoms with Gasteiger partial charge in [-0.25, -0.2) is 23.5 Å². The molecule has 0 unspecified atom stereocenters. The van der Waals surface area contributed by atoms with Crippen LogP contribution in [-0.2, 0) is 14.8 Å². The van der Waals surface area contributed by atoms with Crippen LogP contribution in [0.3, 0.4) is 0 Å². The van der Waals surface area contributed by atoms with Gasteiger partial charge >= 0.3 is 0 Å². The molecule has 0 radical (unpaired) electrons. The lowest BCUT2D eigenvalue weighted by Crippen LogP contribution is -2.28. The molecule has 1 rings (SSSR count). The second kappa shape index (κ2) is 6.64. The fourth-order valence-electron chi connectivity index (χ4n) is 1.38. The second-order valence-electron chi connectivity index (χ2n) is 3.69. The number of ether oxygens (including phenoxy) is 1. The molecule has 102 valence electrons. The van der Waals surface area contributed by atoms with Crippen LogP contribution < -0.4 is 11.3 Å². The first kappa shape index (κ1) is 14.8. The molecule has 1 aromatic rings. The minimum absolute atomic E-state index is 0.158. The van der Waals surface area contributed by atoms with Crippen molar-refractivity contribution >= 4 is 15.8 Å². The molecule has 0 bridgehead atoms. The van der Waals surface area contributed by atoms with Gasteiger partial charge in [-0.3, -0.25) is 0 Å². The molecule has 18 heavy (non-hydrogen) atoms. The van der Waals surface area contributed by atoms with Gasteiger partial charge in [-0.1, -0.05) is 0 Å². The van der Waals surface area contributed by atoms with Gasteiger partial charge in [0, 0.05) is 39.6 Å². The maximum Gasteiger partial charge on any atom is 0.243 e. The van der Waals surface area contributed by atoms with E-state index < -0.39 is 10.0 Å². The van der Waals surface area contributed by atoms with E-state index in [1.165, 1.54) is 29.7 Å². The highest BCUT2D eigenvalue weighted by atomic mass is 32.2. The van der Waals surface area contributed by atoms with Crippen LogP contribution >= 0.6 is 0 Å². The lowest BCUT2D eigenvalue weighted by Gasteiger charge is -2.17. The van der Waals surface area contributed by atoms with E-state index in [0.29, 0.717) is 25.4 Å². The summed E-state index contributed by atoms with van der Waals surface area (Å²) in [4.78, 5) is 4.02. The summed E-state index contributed by atoms with van der Waals surface area (Å²) in [6, 6.07) is 2.82. The first-order valence-electron chi connectivity index (χ1n) is 5.40. The Bertz CT molecular complexity index is 478. The number of nitrogens with zero attached hydrogens (tertiary/aromatic N) is 2. The average molecular weight is 274 g/mol. The van der Waals surface area contributed by atoms with Crippen molar-refractivity contribution in [3.05, 3.63) is 18.3 Å². The van der Waals surface area contributed by atoms with Crippen LogP contribution in [0.25, 0.3) is 0 Å². The van der Waals surface area contributed by atoms with Crippen LogP contribution in [0, 0.1) is 0 Å². The van der Waals surface area contributed by atoms with Gasteiger partial charge < -0.3 is 10.2 Å². The van der Waals surface area contributed by atoms with Crippen LogP contribution in [0.15, 0.2) is 23.2 Å². The van der Waals surface area contributed by atoms with Gasteiger partial charge in [-0.2, -0.15) is 0 Å². The zero-order valence-electron chi connectivity index (χ0n) is 10.5. The number of sulfonamides is 1. The van der Waals surface area contributed by atoms with Crippen molar-refractivity contribution in [2.75, 3.05) is 32.7 Å². The minimum Gasteiger partial charge on any atom is -0.385 e. The number of hydrogen-bond acceptors (Lipinski definition) is 6. The number of nitrogens with one attached hydrogen (secondary N) is 1. The zero-order valence-corrected chi connectivity index (χ0v) is 11.3. The number of aromatic nitrogens is 1. The van der Waals surface area contributed by atoms with Crippen LogP contribution in [0.1, 0.15) is 6.42 Å². The molecule has 0 saturated heterocycles. The van der Waals surface area contributed by atoms with Crippen molar-refractivity contribution < 1.29 is 13.2 Å². The summed E-state index contributed by atoms with van der Waals surface area (Å²) in [6.45, 7) is 0.912. The number of hydrazine groups is 1. The van der Waals surface area contributed by atoms with Gasteiger partial charge in [0.25, 0.3) is 0 Å². The smallest absolute Gasteiger partial charge is 0.243 e. The molecule has 0 aliphatic heterocycles. The van der Waals surface area contributed by atoms with E-state index in [9.17, 15) is 8.42 Å². The predicted octanol–water partition coefficient (Wildman–Crippen LogP) is 0.0242. The van der Waals surface area contributed by atoms with E-state index in [1.54, 1.807) is 7.11 Å². The second-order valence-corrected chi connectivity index (χ2v) is 5.74. The van der Waals surface area contributed by atoms with Crippen molar-refractivity contribution in [3.63, 3.8) is 0 Å². The molecule has 0 fully saturated rings. The third-order valence-electron chi connectivity index (χ3n) is 2.41. The third kappa shape index (κ3) is 3.64. The Labute approximate surface area is 107 Å². The van der Waals surface area contributed by atoms with Gasteiger partial charge in [0.1, 0.15) is 5.82 Å². The fourth-order valence-corrected chi connectivity index (χ4v) is 2.60. The van der Waals surface area contributed by atoms with Crippen molar-refractivity contribution in [2.45, 2.75) is 11.3 Å². The highest BCUT2D eigenvalue weighted by molar-refractivity contribution is 7.89. The first-order valence-corrected chi connectivity index (χ1v) is 6.84. The van der Waals surface area contributed by atoms with E-state index in [0.717, 1.165) is 0 Å². The summed E-state index contributed by atoms with van der Waals surface area (Å²) in [5.41, 5.74) is 2.32. The number of methoxy groups -OCH3 is 1. The van der Waals surface area contributed by atoms with E-state index in [2.05, 4.69) is 10.4 Å². The summed E-state index contributed by atoms with van der Waals surface area (Å²) in [7, 11) is -0.401. The third-order valence-corrected chi connectivity index (χ3v) is 4.26. The Balaban J connectivity index is 2.84. The van der Waals surface area contributed by atoms with Crippen LogP contribution in [0.5, 0.6) is 0 Å². The Morgan fingerprint density at radius 3 is 2.89 bits per heavy atom. The van der Waals surface area contributed by atoms with Gasteiger partial charge in [-0.05, 0) is 12.5 Å². The van der Waals surface area contributed by atoms with Crippen LogP contribution in [0.4, 0.5) is 5.82 Å². The minimum atomic E-state index is -3.51. The Hall–Kier alpha value is -1.22. The molecule has 1 aromatic heterocycles. The highest BCUT2D eigenvalue weighted by Crippen LogP contribution is 2.16. The summed E-state index contributed by atoms with van der Waals surface area (Å²) >= 11 is 0. The SMILES string of the molecule is COCCCN(C)S(=O)(=O)c1ccnc(NN)c1. The molecule has 0 aliphatic carbocycles. The van der Waals surface area contributed by atoms with Crippen molar-refractivity contribution in [2.24, 2.45) is 5.84 Å². The standard InChI is InChI=1S/C10H18N4O3S/c1-14(6-3-7-17-2)18(15,16)9-4-5-12-10(8-9)13-11/h4-5,8H,3,6-7,11H2,1-2H3,(H,12,13). The van der Waals surface area contributed by atoms with Crippen molar-refractivity contribution in [1.29, 1.82) is 0 Å². The van der Waals surface area contributed by atoms with Gasteiger partial charge in [-0.15, -0.1) is 0 Å². The highest BCUT2D eigenvalue weighted by Gasteiger charge is 2.20. The Morgan fingerprint density at radius 2 is 2.28 bits per heavy atom. The van der Waals surface area contributed by atoms with Gasteiger partial charge in [0.15, 0.2) is 0 Å². The zero-order chi connectivity index (χ0) is 13.6. The fraction of sp³-hybridized carbons (Fsp3) is 0.500. The van der Waals surface area contributed by atoms with E-state index in [4.69, 9.17) is 10.6 Å². The topological polar surface area (TPSA) is 97.5 Å². The maximum atomic E-state index is 12.2. The molecule has 0 aromatic carbocycles. The van der Waals surface area contributed by atoms with E-state index >= 15 is 0 Å². The number of hydrogen-bond donors (Lipinski definition) is 2. The number of nitrogens with two attached hydrogens (primary N) is 1. The van der Waals surface area contributed by atoms with Crippen molar-refractivity contribution in [3.8, 4) is 0 Å². The van der Waals surface area contributed by atoms with Crippen LogP contribution in [0.2, 0.25) is 0 Å². The van der Waals surface area contributed by atoms with E-state index in [-0.39, 0.29) is 4.90 Å². The van der Waals surface area contributed by atoms with Gasteiger partial charge in [0.05, 0.1) is 4.90 Å². The summed E-state index contributed by atoms with van der Waals surface area (Å²) in [5.74, 6) is 5.51. The van der Waals surface area contributed by atoms with Crippen molar-refractivity contribution in [1.82, 2.24) is 9.29 Å². The molecular formula is C10H18N4O3S. The Morgan fingerprint density at radius 1 is 1.56 bits per heavy atom. The normalized spacial score (nSPS) is 11.8. The molecule has 0 saturated carbocycles. The molecule has 8 heteroatoms. The molecule has 1 heterocycles.